The minimum Gasteiger partial charge on any atom is -0.459 e. The maximum Gasteiger partial charge on any atom is 0.326 e. The van der Waals surface area contributed by atoms with E-state index >= 15 is 0 Å². The maximum absolute atomic E-state index is 13.1. The van der Waals surface area contributed by atoms with E-state index < -0.39 is 23.4 Å². The molecule has 0 fully saturated rings. The zero-order valence-corrected chi connectivity index (χ0v) is 19.6. The lowest BCUT2D eigenvalue weighted by atomic mass is 10.2. The van der Waals surface area contributed by atoms with Gasteiger partial charge >= 0.3 is 5.97 Å². The second-order valence-electron chi connectivity index (χ2n) is 8.93. The van der Waals surface area contributed by atoms with Gasteiger partial charge in [-0.1, -0.05) is 18.2 Å². The summed E-state index contributed by atoms with van der Waals surface area (Å²) in [6.07, 6.45) is 0. The number of esters is 1. The maximum atomic E-state index is 13.1. The van der Waals surface area contributed by atoms with E-state index in [4.69, 9.17) is 4.74 Å². The smallest absolute Gasteiger partial charge is 0.326 e. The molecule has 0 unspecified atom stereocenters. The molecule has 0 spiro atoms. The number of fused-ring (bicyclic) bond motifs is 1. The quantitative estimate of drug-likeness (QED) is 0.539. The SMILES string of the molecule is CN(C)c1ccc(N(CC(=O)OC(C)(C)C)C(=O)CNC(=O)c2cc3ccccc3[nH]2)cc1. The van der Waals surface area contributed by atoms with Crippen molar-refractivity contribution in [2.75, 3.05) is 37.0 Å². The fourth-order valence-corrected chi connectivity index (χ4v) is 3.30. The molecule has 2 aromatic carbocycles. The minimum atomic E-state index is -0.676. The van der Waals surface area contributed by atoms with E-state index in [0.29, 0.717) is 11.4 Å². The van der Waals surface area contributed by atoms with Crippen LogP contribution in [0.15, 0.2) is 54.6 Å². The highest BCUT2D eigenvalue weighted by atomic mass is 16.6. The second-order valence-corrected chi connectivity index (χ2v) is 8.93. The van der Waals surface area contributed by atoms with Gasteiger partial charge in [-0.2, -0.15) is 0 Å². The van der Waals surface area contributed by atoms with Crippen molar-refractivity contribution < 1.29 is 19.1 Å². The Labute approximate surface area is 193 Å². The van der Waals surface area contributed by atoms with Crippen LogP contribution in [0.5, 0.6) is 0 Å². The summed E-state index contributed by atoms with van der Waals surface area (Å²) in [5, 5.41) is 3.54. The third kappa shape index (κ3) is 6.35. The molecular formula is C25H30N4O4. The minimum absolute atomic E-state index is 0.264. The van der Waals surface area contributed by atoms with Gasteiger partial charge in [0.05, 0.1) is 6.54 Å². The lowest BCUT2D eigenvalue weighted by molar-refractivity contribution is -0.153. The van der Waals surface area contributed by atoms with Crippen LogP contribution in [0.1, 0.15) is 31.3 Å². The van der Waals surface area contributed by atoms with Gasteiger partial charge in [0, 0.05) is 36.4 Å². The molecule has 1 heterocycles. The number of hydrogen-bond donors (Lipinski definition) is 2. The van der Waals surface area contributed by atoms with Crippen LogP contribution in [0.2, 0.25) is 0 Å². The van der Waals surface area contributed by atoms with Crippen LogP contribution in [-0.4, -0.2) is 55.6 Å². The molecule has 174 valence electrons. The normalized spacial score (nSPS) is 11.2. The van der Waals surface area contributed by atoms with E-state index in [-0.39, 0.29) is 13.1 Å². The molecular weight excluding hydrogens is 420 g/mol. The molecule has 3 aromatic rings. The molecule has 0 saturated carbocycles. The summed E-state index contributed by atoms with van der Waals surface area (Å²) in [7, 11) is 3.83. The Kier molecular flexibility index (Phi) is 7.06. The summed E-state index contributed by atoms with van der Waals surface area (Å²) in [6.45, 7) is 4.77. The van der Waals surface area contributed by atoms with E-state index in [2.05, 4.69) is 10.3 Å². The van der Waals surface area contributed by atoms with Crippen molar-refractivity contribution in [2.45, 2.75) is 26.4 Å². The second kappa shape index (κ2) is 9.77. The molecule has 0 atom stereocenters. The fourth-order valence-electron chi connectivity index (χ4n) is 3.30. The van der Waals surface area contributed by atoms with Crippen LogP contribution in [0.3, 0.4) is 0 Å². The van der Waals surface area contributed by atoms with E-state index in [1.807, 2.05) is 55.4 Å². The molecule has 0 aliphatic heterocycles. The molecule has 8 heteroatoms. The van der Waals surface area contributed by atoms with Gasteiger partial charge in [-0.3, -0.25) is 19.3 Å². The Morgan fingerprint density at radius 2 is 1.61 bits per heavy atom. The molecule has 0 bridgehead atoms. The number of nitrogens with zero attached hydrogens (tertiary/aromatic N) is 2. The molecule has 33 heavy (non-hydrogen) atoms. The first-order chi connectivity index (χ1) is 15.5. The molecule has 1 aromatic heterocycles. The van der Waals surface area contributed by atoms with Gasteiger partial charge < -0.3 is 19.9 Å². The van der Waals surface area contributed by atoms with Crippen molar-refractivity contribution in [2.24, 2.45) is 0 Å². The van der Waals surface area contributed by atoms with Crippen molar-refractivity contribution in [3.63, 3.8) is 0 Å². The molecule has 0 saturated heterocycles. The molecule has 0 aliphatic rings. The van der Waals surface area contributed by atoms with Crippen LogP contribution in [0, 0.1) is 0 Å². The number of nitrogens with one attached hydrogen (secondary N) is 2. The zero-order chi connectivity index (χ0) is 24.2. The summed E-state index contributed by atoms with van der Waals surface area (Å²) in [5.74, 6) is -1.36. The number of rotatable bonds is 7. The van der Waals surface area contributed by atoms with Crippen LogP contribution in [0.4, 0.5) is 11.4 Å². The number of aromatic amines is 1. The topological polar surface area (TPSA) is 94.7 Å². The first-order valence-corrected chi connectivity index (χ1v) is 10.7. The van der Waals surface area contributed by atoms with Gasteiger partial charge in [0.2, 0.25) is 5.91 Å². The van der Waals surface area contributed by atoms with Crippen LogP contribution < -0.4 is 15.1 Å². The molecule has 0 radical (unpaired) electrons. The van der Waals surface area contributed by atoms with E-state index in [9.17, 15) is 14.4 Å². The number of aromatic nitrogens is 1. The number of anilines is 2. The van der Waals surface area contributed by atoms with Gasteiger partial charge in [0.15, 0.2) is 0 Å². The monoisotopic (exact) mass is 450 g/mol. The van der Waals surface area contributed by atoms with Crippen molar-refractivity contribution in [3.8, 4) is 0 Å². The Morgan fingerprint density at radius 3 is 2.21 bits per heavy atom. The first-order valence-electron chi connectivity index (χ1n) is 10.7. The predicted octanol–water partition coefficient (Wildman–Crippen LogP) is 3.34. The van der Waals surface area contributed by atoms with Gasteiger partial charge in [-0.05, 0) is 57.2 Å². The Hall–Kier alpha value is -3.81. The Morgan fingerprint density at radius 1 is 0.970 bits per heavy atom. The number of carbonyl (C=O) groups is 3. The van der Waals surface area contributed by atoms with E-state index in [1.165, 1.54) is 4.90 Å². The summed E-state index contributed by atoms with van der Waals surface area (Å²) in [4.78, 5) is 44.4. The largest absolute Gasteiger partial charge is 0.459 e. The summed E-state index contributed by atoms with van der Waals surface area (Å²) in [5.41, 5.74) is 2.01. The summed E-state index contributed by atoms with van der Waals surface area (Å²) in [6, 6.07) is 16.5. The third-order valence-electron chi connectivity index (χ3n) is 4.86. The average Bonchev–Trinajstić information content (AvgIpc) is 3.19. The fraction of sp³-hybridized carbons (Fsp3) is 0.320. The highest BCUT2D eigenvalue weighted by molar-refractivity contribution is 6.03. The van der Waals surface area contributed by atoms with Gasteiger partial charge in [0.1, 0.15) is 17.8 Å². The van der Waals surface area contributed by atoms with Crippen LogP contribution in [-0.2, 0) is 14.3 Å². The van der Waals surface area contributed by atoms with Crippen LogP contribution in [0.25, 0.3) is 10.9 Å². The number of hydrogen-bond acceptors (Lipinski definition) is 5. The summed E-state index contributed by atoms with van der Waals surface area (Å²) >= 11 is 0. The number of ether oxygens (including phenoxy) is 1. The van der Waals surface area contributed by atoms with E-state index in [1.54, 1.807) is 39.0 Å². The summed E-state index contributed by atoms with van der Waals surface area (Å²) < 4.78 is 5.40. The van der Waals surface area contributed by atoms with Crippen molar-refractivity contribution >= 4 is 40.1 Å². The molecule has 0 aliphatic carbocycles. The highest BCUT2D eigenvalue weighted by Gasteiger charge is 2.24. The molecule has 2 N–H and O–H groups in total. The zero-order valence-electron chi connectivity index (χ0n) is 19.6. The van der Waals surface area contributed by atoms with E-state index in [0.717, 1.165) is 16.6 Å². The number of benzene rings is 2. The molecule has 8 nitrogen and oxygen atoms in total. The number of amides is 2. The van der Waals surface area contributed by atoms with Gasteiger partial charge in [-0.15, -0.1) is 0 Å². The van der Waals surface area contributed by atoms with Gasteiger partial charge in [0.25, 0.3) is 5.91 Å². The first kappa shape index (κ1) is 23.8. The Balaban J connectivity index is 1.74. The lowest BCUT2D eigenvalue weighted by Gasteiger charge is -2.26. The number of H-pyrrole nitrogens is 1. The molecule has 3 rings (SSSR count). The third-order valence-corrected chi connectivity index (χ3v) is 4.86. The predicted molar refractivity (Wildman–Crippen MR) is 130 cm³/mol. The van der Waals surface area contributed by atoms with Crippen LogP contribution >= 0.6 is 0 Å². The van der Waals surface area contributed by atoms with Crippen molar-refractivity contribution in [3.05, 3.63) is 60.3 Å². The Bertz CT molecular complexity index is 1110. The molecule has 2 amide bonds. The van der Waals surface area contributed by atoms with Crippen molar-refractivity contribution in [1.82, 2.24) is 10.3 Å². The van der Waals surface area contributed by atoms with Gasteiger partial charge in [-0.25, -0.2) is 0 Å². The number of para-hydroxylation sites is 1. The number of carbonyl (C=O) groups excluding carboxylic acids is 3. The van der Waals surface area contributed by atoms with Crippen molar-refractivity contribution in [1.29, 1.82) is 0 Å². The lowest BCUT2D eigenvalue weighted by Crippen LogP contribution is -2.44. The standard InChI is InChI=1S/C25H30N4O4/c1-25(2,3)33-23(31)16-29(19-12-10-18(11-13-19)28(4)5)22(30)15-26-24(32)21-14-17-8-6-7-9-20(17)27-21/h6-14,27H,15-16H2,1-5H3,(H,26,32). The average molecular weight is 451 g/mol. The highest BCUT2D eigenvalue weighted by Crippen LogP contribution is 2.20.